The van der Waals surface area contributed by atoms with E-state index in [-0.39, 0.29) is 10.7 Å². The van der Waals surface area contributed by atoms with Gasteiger partial charge in [0.25, 0.3) is 5.69 Å². The van der Waals surface area contributed by atoms with E-state index in [4.69, 9.17) is 11.6 Å². The second-order valence-corrected chi connectivity index (χ2v) is 4.49. The molecule has 0 saturated carbocycles. The van der Waals surface area contributed by atoms with Gasteiger partial charge in [-0.2, -0.15) is 0 Å². The van der Waals surface area contributed by atoms with Crippen LogP contribution < -0.4 is 10.2 Å². The summed E-state index contributed by atoms with van der Waals surface area (Å²) < 4.78 is 0. The smallest absolute Gasteiger partial charge is 0.288 e. The molecule has 2 rings (SSSR count). The highest BCUT2D eigenvalue weighted by Gasteiger charge is 2.19. The van der Waals surface area contributed by atoms with Gasteiger partial charge < -0.3 is 10.2 Å². The molecule has 1 aliphatic rings. The number of benzene rings is 1. The van der Waals surface area contributed by atoms with Gasteiger partial charge in [0.1, 0.15) is 5.02 Å². The molecule has 0 unspecified atom stereocenters. The van der Waals surface area contributed by atoms with Crippen LogP contribution in [-0.2, 0) is 0 Å². The lowest BCUT2D eigenvalue weighted by atomic mass is 10.1. The molecule has 17 heavy (non-hydrogen) atoms. The van der Waals surface area contributed by atoms with Crippen LogP contribution in [0.1, 0.15) is 5.56 Å². The van der Waals surface area contributed by atoms with Gasteiger partial charge in [-0.1, -0.05) is 11.6 Å². The van der Waals surface area contributed by atoms with Crippen LogP contribution in [0.2, 0.25) is 5.02 Å². The van der Waals surface area contributed by atoms with E-state index >= 15 is 0 Å². The number of aryl methyl sites for hydroxylation is 1. The normalized spacial score (nSPS) is 16.0. The molecule has 0 amide bonds. The Hall–Kier alpha value is -1.33. The Morgan fingerprint density at radius 1 is 1.41 bits per heavy atom. The number of nitro groups is 1. The van der Waals surface area contributed by atoms with Crippen LogP contribution in [0, 0.1) is 17.0 Å². The van der Waals surface area contributed by atoms with Gasteiger partial charge in [-0.3, -0.25) is 10.1 Å². The Bertz CT molecular complexity index is 445. The van der Waals surface area contributed by atoms with Crippen molar-refractivity contribution in [2.24, 2.45) is 0 Å². The standard InChI is InChI=1S/C11H14ClN3O2/c1-8-6-11(15(16)17)9(12)7-10(8)14-4-2-13-3-5-14/h6-7,13H,2-5H2,1H3. The minimum atomic E-state index is -0.448. The van der Waals surface area contributed by atoms with Gasteiger partial charge in [-0.25, -0.2) is 0 Å². The van der Waals surface area contributed by atoms with Crippen molar-refractivity contribution < 1.29 is 4.92 Å². The van der Waals surface area contributed by atoms with Crippen molar-refractivity contribution >= 4 is 23.0 Å². The summed E-state index contributed by atoms with van der Waals surface area (Å²) in [5.41, 5.74) is 1.85. The number of piperazine rings is 1. The monoisotopic (exact) mass is 255 g/mol. The maximum atomic E-state index is 10.8. The lowest BCUT2D eigenvalue weighted by molar-refractivity contribution is -0.384. The molecule has 0 aromatic heterocycles. The minimum absolute atomic E-state index is 0.0250. The largest absolute Gasteiger partial charge is 0.369 e. The molecule has 92 valence electrons. The van der Waals surface area contributed by atoms with Crippen LogP contribution in [0.5, 0.6) is 0 Å². The number of halogens is 1. The Balaban J connectivity index is 2.35. The van der Waals surface area contributed by atoms with Crippen molar-refractivity contribution in [3.05, 3.63) is 32.8 Å². The number of hydrogen-bond acceptors (Lipinski definition) is 4. The van der Waals surface area contributed by atoms with Gasteiger partial charge in [-0.15, -0.1) is 0 Å². The maximum Gasteiger partial charge on any atom is 0.288 e. The molecule has 0 atom stereocenters. The summed E-state index contributed by atoms with van der Waals surface area (Å²) >= 11 is 5.93. The highest BCUT2D eigenvalue weighted by atomic mass is 35.5. The quantitative estimate of drug-likeness (QED) is 0.648. The molecule has 1 aromatic carbocycles. The average Bonchev–Trinajstić information content (AvgIpc) is 2.32. The summed E-state index contributed by atoms with van der Waals surface area (Å²) in [7, 11) is 0. The highest BCUT2D eigenvalue weighted by molar-refractivity contribution is 6.33. The topological polar surface area (TPSA) is 58.4 Å². The van der Waals surface area contributed by atoms with E-state index in [1.165, 1.54) is 0 Å². The van der Waals surface area contributed by atoms with Crippen molar-refractivity contribution in [1.82, 2.24) is 5.32 Å². The number of anilines is 1. The molecule has 1 aromatic rings. The van der Waals surface area contributed by atoms with Crippen LogP contribution in [0.15, 0.2) is 12.1 Å². The van der Waals surface area contributed by atoms with Crippen LogP contribution in [0.3, 0.4) is 0 Å². The average molecular weight is 256 g/mol. The molecule has 5 nitrogen and oxygen atoms in total. The SMILES string of the molecule is Cc1cc([N+](=O)[O-])c(Cl)cc1N1CCNCC1. The lowest BCUT2D eigenvalue weighted by Gasteiger charge is -2.30. The first kappa shape index (κ1) is 12.1. The fraction of sp³-hybridized carbons (Fsp3) is 0.455. The first-order chi connectivity index (χ1) is 8.09. The minimum Gasteiger partial charge on any atom is -0.369 e. The van der Waals surface area contributed by atoms with E-state index in [0.29, 0.717) is 0 Å². The van der Waals surface area contributed by atoms with Gasteiger partial charge in [0.15, 0.2) is 0 Å². The first-order valence-electron chi connectivity index (χ1n) is 5.50. The predicted octanol–water partition coefficient (Wildman–Crippen LogP) is 1.97. The van der Waals surface area contributed by atoms with Gasteiger partial charge in [-0.05, 0) is 18.6 Å². The number of nitrogens with zero attached hydrogens (tertiary/aromatic N) is 2. The number of rotatable bonds is 2. The number of nitro benzene ring substituents is 1. The number of nitrogens with one attached hydrogen (secondary N) is 1. The summed E-state index contributed by atoms with van der Waals surface area (Å²) in [5.74, 6) is 0. The van der Waals surface area contributed by atoms with Crippen molar-refractivity contribution in [3.63, 3.8) is 0 Å². The second kappa shape index (κ2) is 4.89. The zero-order valence-corrected chi connectivity index (χ0v) is 10.3. The van der Waals surface area contributed by atoms with Crippen molar-refractivity contribution in [2.45, 2.75) is 6.92 Å². The van der Waals surface area contributed by atoms with Crippen LogP contribution in [0.25, 0.3) is 0 Å². The fourth-order valence-corrected chi connectivity index (χ4v) is 2.27. The van der Waals surface area contributed by atoms with Crippen molar-refractivity contribution in [1.29, 1.82) is 0 Å². The molecular weight excluding hydrogens is 242 g/mol. The third-order valence-corrected chi connectivity index (χ3v) is 3.22. The molecule has 1 aliphatic heterocycles. The molecule has 6 heteroatoms. The molecule has 0 radical (unpaired) electrons. The van der Waals surface area contributed by atoms with E-state index in [2.05, 4.69) is 10.2 Å². The third-order valence-electron chi connectivity index (χ3n) is 2.92. The summed E-state index contributed by atoms with van der Waals surface area (Å²) in [6.45, 7) is 5.52. The molecule has 1 saturated heterocycles. The fourth-order valence-electron chi connectivity index (χ4n) is 2.04. The Labute approximate surface area is 105 Å². The van der Waals surface area contributed by atoms with E-state index in [1.54, 1.807) is 12.1 Å². The van der Waals surface area contributed by atoms with Gasteiger partial charge in [0.2, 0.25) is 0 Å². The molecule has 1 heterocycles. The molecule has 1 fully saturated rings. The first-order valence-corrected chi connectivity index (χ1v) is 5.87. The molecular formula is C11H14ClN3O2. The molecule has 1 N–H and O–H groups in total. The lowest BCUT2D eigenvalue weighted by Crippen LogP contribution is -2.43. The van der Waals surface area contributed by atoms with E-state index in [0.717, 1.165) is 37.4 Å². The van der Waals surface area contributed by atoms with Crippen molar-refractivity contribution in [3.8, 4) is 0 Å². The van der Waals surface area contributed by atoms with Crippen LogP contribution in [-0.4, -0.2) is 31.1 Å². The van der Waals surface area contributed by atoms with E-state index in [9.17, 15) is 10.1 Å². The van der Waals surface area contributed by atoms with Crippen LogP contribution in [0.4, 0.5) is 11.4 Å². The third kappa shape index (κ3) is 2.50. The maximum absolute atomic E-state index is 10.8. The summed E-state index contributed by atoms with van der Waals surface area (Å²) in [5, 5.41) is 14.2. The van der Waals surface area contributed by atoms with E-state index < -0.39 is 4.92 Å². The zero-order chi connectivity index (χ0) is 12.4. The summed E-state index contributed by atoms with van der Waals surface area (Å²) in [4.78, 5) is 12.5. The predicted molar refractivity (Wildman–Crippen MR) is 67.9 cm³/mol. The van der Waals surface area contributed by atoms with Crippen LogP contribution >= 0.6 is 11.6 Å². The summed E-state index contributed by atoms with van der Waals surface area (Å²) in [6.07, 6.45) is 0. The van der Waals surface area contributed by atoms with Crippen molar-refractivity contribution in [2.75, 3.05) is 31.1 Å². The number of hydrogen-bond donors (Lipinski definition) is 1. The summed E-state index contributed by atoms with van der Waals surface area (Å²) in [6, 6.07) is 3.24. The zero-order valence-electron chi connectivity index (χ0n) is 9.57. The van der Waals surface area contributed by atoms with Gasteiger partial charge >= 0.3 is 0 Å². The van der Waals surface area contributed by atoms with Gasteiger partial charge in [0.05, 0.1) is 4.92 Å². The Kier molecular flexibility index (Phi) is 3.49. The van der Waals surface area contributed by atoms with Gasteiger partial charge in [0, 0.05) is 37.9 Å². The van der Waals surface area contributed by atoms with E-state index in [1.807, 2.05) is 6.92 Å². The highest BCUT2D eigenvalue weighted by Crippen LogP contribution is 2.32. The molecule has 0 bridgehead atoms. The Morgan fingerprint density at radius 2 is 2.06 bits per heavy atom. The molecule has 0 spiro atoms. The Morgan fingerprint density at radius 3 is 2.65 bits per heavy atom. The second-order valence-electron chi connectivity index (χ2n) is 4.08. The molecule has 0 aliphatic carbocycles.